The van der Waals surface area contributed by atoms with Crippen molar-refractivity contribution in [2.24, 2.45) is 0 Å². The van der Waals surface area contributed by atoms with Crippen LogP contribution in [0.3, 0.4) is 0 Å². The molecule has 106 valence electrons. The summed E-state index contributed by atoms with van der Waals surface area (Å²) in [4.78, 5) is 8.26. The average Bonchev–Trinajstić information content (AvgIpc) is 2.39. The SMILES string of the molecule is CCc1cnc(OC2CCCN(S(C)(=O)=O)C2)nc1. The lowest BCUT2D eigenvalue weighted by molar-refractivity contribution is 0.119. The van der Waals surface area contributed by atoms with Crippen LogP contribution in [-0.4, -0.2) is 48.1 Å². The fourth-order valence-corrected chi connectivity index (χ4v) is 2.94. The molecule has 1 fully saturated rings. The molecule has 1 atom stereocenters. The van der Waals surface area contributed by atoms with Gasteiger partial charge in [-0.1, -0.05) is 6.92 Å². The van der Waals surface area contributed by atoms with Gasteiger partial charge in [-0.25, -0.2) is 18.4 Å². The van der Waals surface area contributed by atoms with Gasteiger partial charge in [0, 0.05) is 18.9 Å². The molecule has 7 heteroatoms. The lowest BCUT2D eigenvalue weighted by Gasteiger charge is -2.30. The first kappa shape index (κ1) is 14.2. The van der Waals surface area contributed by atoms with E-state index in [0.29, 0.717) is 19.1 Å². The van der Waals surface area contributed by atoms with E-state index < -0.39 is 10.0 Å². The van der Waals surface area contributed by atoms with Crippen LogP contribution in [0.15, 0.2) is 12.4 Å². The van der Waals surface area contributed by atoms with Gasteiger partial charge in [-0.05, 0) is 24.8 Å². The second kappa shape index (κ2) is 5.83. The molecule has 19 heavy (non-hydrogen) atoms. The van der Waals surface area contributed by atoms with E-state index in [2.05, 4.69) is 9.97 Å². The van der Waals surface area contributed by atoms with E-state index in [1.54, 1.807) is 12.4 Å². The smallest absolute Gasteiger partial charge is 0.316 e. The molecule has 0 aromatic carbocycles. The lowest BCUT2D eigenvalue weighted by atomic mass is 10.1. The summed E-state index contributed by atoms with van der Waals surface area (Å²) >= 11 is 0. The van der Waals surface area contributed by atoms with Gasteiger partial charge < -0.3 is 4.74 Å². The quantitative estimate of drug-likeness (QED) is 0.819. The van der Waals surface area contributed by atoms with Gasteiger partial charge in [-0.2, -0.15) is 4.31 Å². The predicted molar refractivity (Wildman–Crippen MR) is 71.5 cm³/mol. The maximum Gasteiger partial charge on any atom is 0.316 e. The molecule has 1 unspecified atom stereocenters. The topological polar surface area (TPSA) is 72.4 Å². The maximum atomic E-state index is 11.5. The monoisotopic (exact) mass is 285 g/mol. The first-order valence-corrected chi connectivity index (χ1v) is 8.26. The average molecular weight is 285 g/mol. The number of aromatic nitrogens is 2. The van der Waals surface area contributed by atoms with Gasteiger partial charge in [0.15, 0.2) is 0 Å². The number of piperidine rings is 1. The van der Waals surface area contributed by atoms with Crippen molar-refractivity contribution in [3.05, 3.63) is 18.0 Å². The molecule has 0 radical (unpaired) electrons. The zero-order valence-corrected chi connectivity index (χ0v) is 12.1. The van der Waals surface area contributed by atoms with Crippen molar-refractivity contribution in [1.82, 2.24) is 14.3 Å². The Labute approximate surface area is 113 Å². The van der Waals surface area contributed by atoms with Crippen molar-refractivity contribution < 1.29 is 13.2 Å². The Morgan fingerprint density at radius 2 is 2.11 bits per heavy atom. The fraction of sp³-hybridized carbons (Fsp3) is 0.667. The summed E-state index contributed by atoms with van der Waals surface area (Å²) in [6.45, 7) is 2.97. The highest BCUT2D eigenvalue weighted by Crippen LogP contribution is 2.17. The Bertz CT molecular complexity index is 516. The van der Waals surface area contributed by atoms with Gasteiger partial charge in [-0.15, -0.1) is 0 Å². The Hall–Kier alpha value is -1.21. The highest BCUT2D eigenvalue weighted by atomic mass is 32.2. The summed E-state index contributed by atoms with van der Waals surface area (Å²) in [6, 6.07) is 0.317. The second-order valence-electron chi connectivity index (χ2n) is 4.73. The largest absolute Gasteiger partial charge is 0.459 e. The van der Waals surface area contributed by atoms with Crippen LogP contribution in [0, 0.1) is 0 Å². The number of ether oxygens (including phenoxy) is 1. The van der Waals surface area contributed by atoms with Gasteiger partial charge in [0.2, 0.25) is 10.0 Å². The molecule has 2 rings (SSSR count). The highest BCUT2D eigenvalue weighted by Gasteiger charge is 2.27. The van der Waals surface area contributed by atoms with E-state index in [4.69, 9.17) is 4.74 Å². The first-order valence-electron chi connectivity index (χ1n) is 6.41. The minimum atomic E-state index is -3.15. The molecule has 6 nitrogen and oxygen atoms in total. The van der Waals surface area contributed by atoms with Crippen LogP contribution < -0.4 is 4.74 Å². The van der Waals surface area contributed by atoms with Crippen LogP contribution >= 0.6 is 0 Å². The van der Waals surface area contributed by atoms with Crippen LogP contribution in [0.25, 0.3) is 0 Å². The molecule has 1 aliphatic heterocycles. The van der Waals surface area contributed by atoms with Crippen LogP contribution in [0.1, 0.15) is 25.3 Å². The third-order valence-electron chi connectivity index (χ3n) is 3.17. The molecule has 0 bridgehead atoms. The normalized spacial score (nSPS) is 21.3. The summed E-state index contributed by atoms with van der Waals surface area (Å²) in [6.07, 6.45) is 7.03. The van der Waals surface area contributed by atoms with E-state index in [0.717, 1.165) is 24.8 Å². The summed E-state index contributed by atoms with van der Waals surface area (Å²) < 4.78 is 30.1. The third kappa shape index (κ3) is 3.87. The van der Waals surface area contributed by atoms with E-state index in [1.165, 1.54) is 10.6 Å². The molecule has 1 saturated heterocycles. The number of aryl methyl sites for hydroxylation is 1. The standard InChI is InChI=1S/C12H19N3O3S/c1-3-10-7-13-12(14-8-10)18-11-5-4-6-15(9-11)19(2,16)17/h7-8,11H,3-6,9H2,1-2H3. The Morgan fingerprint density at radius 1 is 1.42 bits per heavy atom. The Kier molecular flexibility index (Phi) is 4.36. The highest BCUT2D eigenvalue weighted by molar-refractivity contribution is 7.88. The fourth-order valence-electron chi connectivity index (χ4n) is 2.04. The molecule has 0 amide bonds. The van der Waals surface area contributed by atoms with Crippen molar-refractivity contribution in [2.45, 2.75) is 32.3 Å². The number of nitrogens with zero attached hydrogens (tertiary/aromatic N) is 3. The molecule has 0 N–H and O–H groups in total. The van der Waals surface area contributed by atoms with E-state index in [9.17, 15) is 8.42 Å². The van der Waals surface area contributed by atoms with E-state index >= 15 is 0 Å². The molecular weight excluding hydrogens is 266 g/mol. The second-order valence-corrected chi connectivity index (χ2v) is 6.71. The molecule has 1 aromatic rings. The molecule has 1 aliphatic rings. The molecule has 0 spiro atoms. The Balaban J connectivity index is 1.98. The zero-order valence-electron chi connectivity index (χ0n) is 11.2. The third-order valence-corrected chi connectivity index (χ3v) is 4.44. The summed E-state index contributed by atoms with van der Waals surface area (Å²) in [5.41, 5.74) is 1.05. The summed E-state index contributed by atoms with van der Waals surface area (Å²) in [5, 5.41) is 0. The van der Waals surface area contributed by atoms with Gasteiger partial charge in [0.25, 0.3) is 0 Å². The van der Waals surface area contributed by atoms with Crippen molar-refractivity contribution in [3.63, 3.8) is 0 Å². The van der Waals surface area contributed by atoms with Crippen molar-refractivity contribution in [2.75, 3.05) is 19.3 Å². The maximum absolute atomic E-state index is 11.5. The number of hydrogen-bond donors (Lipinski definition) is 0. The van der Waals surface area contributed by atoms with Crippen LogP contribution in [-0.2, 0) is 16.4 Å². The van der Waals surface area contributed by atoms with Gasteiger partial charge >= 0.3 is 6.01 Å². The van der Waals surface area contributed by atoms with Crippen molar-refractivity contribution in [1.29, 1.82) is 0 Å². The van der Waals surface area contributed by atoms with Gasteiger partial charge in [-0.3, -0.25) is 0 Å². The zero-order chi connectivity index (χ0) is 13.9. The number of rotatable bonds is 4. The van der Waals surface area contributed by atoms with Crippen LogP contribution in [0.4, 0.5) is 0 Å². The van der Waals surface area contributed by atoms with Gasteiger partial charge in [0.1, 0.15) is 6.10 Å². The minimum absolute atomic E-state index is 0.170. The predicted octanol–water partition coefficient (Wildman–Crippen LogP) is 0.842. The number of hydrogen-bond acceptors (Lipinski definition) is 5. The molecule has 2 heterocycles. The van der Waals surface area contributed by atoms with E-state index in [1.807, 2.05) is 6.92 Å². The molecule has 1 aromatic heterocycles. The molecule has 0 aliphatic carbocycles. The van der Waals surface area contributed by atoms with Crippen molar-refractivity contribution >= 4 is 10.0 Å². The molecule has 0 saturated carbocycles. The summed E-state index contributed by atoms with van der Waals surface area (Å²) in [5.74, 6) is 0. The van der Waals surface area contributed by atoms with Crippen LogP contribution in [0.2, 0.25) is 0 Å². The van der Waals surface area contributed by atoms with Crippen LogP contribution in [0.5, 0.6) is 6.01 Å². The number of sulfonamides is 1. The summed E-state index contributed by atoms with van der Waals surface area (Å²) in [7, 11) is -3.15. The van der Waals surface area contributed by atoms with E-state index in [-0.39, 0.29) is 6.10 Å². The molecular formula is C12H19N3O3S. The van der Waals surface area contributed by atoms with Crippen molar-refractivity contribution in [3.8, 4) is 6.01 Å². The Morgan fingerprint density at radius 3 is 2.68 bits per heavy atom. The minimum Gasteiger partial charge on any atom is -0.459 e. The first-order chi connectivity index (χ1) is 8.99. The lowest BCUT2D eigenvalue weighted by Crippen LogP contribution is -2.44. The van der Waals surface area contributed by atoms with Gasteiger partial charge in [0.05, 0.1) is 12.8 Å².